The van der Waals surface area contributed by atoms with Gasteiger partial charge in [-0.05, 0) is 18.2 Å². The smallest absolute Gasteiger partial charge is 0.265 e. The summed E-state index contributed by atoms with van der Waals surface area (Å²) in [4.78, 5) is 36.4. The van der Waals surface area contributed by atoms with Crippen LogP contribution in [-0.2, 0) is 19.1 Å². The number of ether oxygens (including phenoxy) is 1. The van der Waals surface area contributed by atoms with E-state index in [1.165, 1.54) is 24.0 Å². The van der Waals surface area contributed by atoms with E-state index < -0.39 is 29.8 Å². The largest absolute Gasteiger partial charge is 0.370 e. The zero-order chi connectivity index (χ0) is 19.3. The molecular formula is C16H20F2N4O4. The summed E-state index contributed by atoms with van der Waals surface area (Å²) in [7, 11) is 0. The molecule has 0 unspecified atom stereocenters. The highest BCUT2D eigenvalue weighted by molar-refractivity contribution is 5.99. The van der Waals surface area contributed by atoms with E-state index in [1.807, 2.05) is 0 Å². The Morgan fingerprint density at radius 1 is 1.38 bits per heavy atom. The second-order valence-corrected chi connectivity index (χ2v) is 5.65. The van der Waals surface area contributed by atoms with Gasteiger partial charge >= 0.3 is 0 Å². The molecule has 0 radical (unpaired) electrons. The van der Waals surface area contributed by atoms with Crippen LogP contribution in [0.4, 0.5) is 20.2 Å². The van der Waals surface area contributed by atoms with Gasteiger partial charge in [0.05, 0.1) is 6.61 Å². The summed E-state index contributed by atoms with van der Waals surface area (Å²) in [6.07, 6.45) is -2.88. The van der Waals surface area contributed by atoms with Crippen molar-refractivity contribution in [1.82, 2.24) is 5.32 Å². The van der Waals surface area contributed by atoms with Crippen molar-refractivity contribution in [2.45, 2.75) is 19.4 Å². The Kier molecular flexibility index (Phi) is 6.58. The fourth-order valence-corrected chi connectivity index (χ4v) is 2.50. The topological polar surface area (TPSA) is 114 Å². The number of carbonyl (C=O) groups excluding carboxylic acids is 3. The number of rotatable bonds is 6. The van der Waals surface area contributed by atoms with Gasteiger partial charge in [-0.2, -0.15) is 0 Å². The molecule has 0 saturated carbocycles. The molecule has 1 saturated heterocycles. The number of nitrogens with two attached hydrogens (primary N) is 1. The number of nitrogens with zero attached hydrogens (tertiary/aromatic N) is 1. The predicted molar refractivity (Wildman–Crippen MR) is 89.9 cm³/mol. The Balaban J connectivity index is 2.24. The minimum atomic E-state index is -2.88. The number of nitrogens with one attached hydrogen (secondary N) is 2. The quantitative estimate of drug-likeness (QED) is 0.670. The van der Waals surface area contributed by atoms with Crippen molar-refractivity contribution < 1.29 is 27.9 Å². The Labute approximate surface area is 148 Å². The maximum Gasteiger partial charge on any atom is 0.265 e. The maximum atomic E-state index is 13.4. The first-order chi connectivity index (χ1) is 12.3. The minimum Gasteiger partial charge on any atom is -0.370 e. The molecule has 4 N–H and O–H groups in total. The highest BCUT2D eigenvalue weighted by atomic mass is 19.3. The first-order valence-corrected chi connectivity index (χ1v) is 7.91. The van der Waals surface area contributed by atoms with Gasteiger partial charge in [-0.15, -0.1) is 0 Å². The Morgan fingerprint density at radius 3 is 2.69 bits per heavy atom. The van der Waals surface area contributed by atoms with Gasteiger partial charge in [0, 0.05) is 37.0 Å². The molecule has 1 atom stereocenters. The lowest BCUT2D eigenvalue weighted by Crippen LogP contribution is -2.47. The SMILES string of the molecule is CC(=O)N[C@@H](CN)C(=O)Nc1ccc(N2CCOCC2=O)cc1C(F)F. The molecule has 0 aliphatic carbocycles. The standard InChI is InChI=1S/C16H20F2N4O4/c1-9(23)20-13(7-19)16(25)21-12-3-2-10(6-11(12)15(17)18)22-4-5-26-8-14(22)24/h2-3,6,13,15H,4-5,7-8,19H2,1H3,(H,20,23)(H,21,25)/t13-/m0/s1. The molecule has 10 heteroatoms. The van der Waals surface area contributed by atoms with Crippen LogP contribution in [-0.4, -0.2) is 50.1 Å². The number of anilines is 2. The average molecular weight is 370 g/mol. The van der Waals surface area contributed by atoms with Gasteiger partial charge in [-0.1, -0.05) is 0 Å². The Hall–Kier alpha value is -2.59. The Bertz CT molecular complexity index is 699. The average Bonchev–Trinajstić information content (AvgIpc) is 2.60. The lowest BCUT2D eigenvalue weighted by atomic mass is 10.1. The second-order valence-electron chi connectivity index (χ2n) is 5.65. The van der Waals surface area contributed by atoms with Gasteiger partial charge < -0.3 is 26.0 Å². The number of benzene rings is 1. The van der Waals surface area contributed by atoms with Gasteiger partial charge in [-0.25, -0.2) is 8.78 Å². The molecule has 2 rings (SSSR count). The van der Waals surface area contributed by atoms with E-state index in [-0.39, 0.29) is 31.3 Å². The number of carbonyl (C=O) groups is 3. The highest BCUT2D eigenvalue weighted by Gasteiger charge is 2.24. The number of amides is 3. The van der Waals surface area contributed by atoms with Crippen molar-refractivity contribution in [1.29, 1.82) is 0 Å². The summed E-state index contributed by atoms with van der Waals surface area (Å²) >= 11 is 0. The van der Waals surface area contributed by atoms with Crippen LogP contribution in [0.3, 0.4) is 0 Å². The van der Waals surface area contributed by atoms with Crippen LogP contribution >= 0.6 is 0 Å². The number of hydrogen-bond donors (Lipinski definition) is 3. The van der Waals surface area contributed by atoms with E-state index in [0.717, 1.165) is 6.07 Å². The monoisotopic (exact) mass is 370 g/mol. The number of morpholine rings is 1. The molecule has 1 heterocycles. The molecule has 1 aromatic rings. The summed E-state index contributed by atoms with van der Waals surface area (Å²) in [5.74, 6) is -1.51. The molecule has 1 aliphatic rings. The number of halogens is 2. The second kappa shape index (κ2) is 8.68. The fraction of sp³-hybridized carbons (Fsp3) is 0.438. The van der Waals surface area contributed by atoms with Crippen LogP contribution in [0.2, 0.25) is 0 Å². The summed E-state index contributed by atoms with van der Waals surface area (Å²) in [5.41, 5.74) is 5.18. The zero-order valence-corrected chi connectivity index (χ0v) is 14.1. The van der Waals surface area contributed by atoms with Gasteiger partial charge in [0.25, 0.3) is 12.3 Å². The van der Waals surface area contributed by atoms with E-state index in [9.17, 15) is 23.2 Å². The lowest BCUT2D eigenvalue weighted by molar-refractivity contribution is -0.125. The van der Waals surface area contributed by atoms with E-state index in [1.54, 1.807) is 0 Å². The molecule has 8 nitrogen and oxygen atoms in total. The van der Waals surface area contributed by atoms with Crippen LogP contribution < -0.4 is 21.3 Å². The molecule has 3 amide bonds. The van der Waals surface area contributed by atoms with Crippen molar-refractivity contribution in [2.75, 3.05) is 36.5 Å². The van der Waals surface area contributed by atoms with E-state index in [0.29, 0.717) is 12.3 Å². The summed E-state index contributed by atoms with van der Waals surface area (Å²) in [5, 5.41) is 4.68. The first-order valence-electron chi connectivity index (χ1n) is 7.91. The molecule has 26 heavy (non-hydrogen) atoms. The van der Waals surface area contributed by atoms with E-state index in [2.05, 4.69) is 10.6 Å². The van der Waals surface area contributed by atoms with E-state index >= 15 is 0 Å². The van der Waals surface area contributed by atoms with Gasteiger partial charge in [0.15, 0.2) is 0 Å². The van der Waals surface area contributed by atoms with Crippen molar-refractivity contribution in [3.8, 4) is 0 Å². The van der Waals surface area contributed by atoms with E-state index in [4.69, 9.17) is 10.5 Å². The summed E-state index contributed by atoms with van der Waals surface area (Å²) < 4.78 is 31.9. The van der Waals surface area contributed by atoms with Gasteiger partial charge in [-0.3, -0.25) is 14.4 Å². The zero-order valence-electron chi connectivity index (χ0n) is 14.1. The maximum absolute atomic E-state index is 13.4. The van der Waals surface area contributed by atoms with Gasteiger partial charge in [0.1, 0.15) is 12.6 Å². The van der Waals surface area contributed by atoms with Crippen molar-refractivity contribution in [2.24, 2.45) is 5.73 Å². The van der Waals surface area contributed by atoms with Crippen molar-refractivity contribution in [3.63, 3.8) is 0 Å². The molecule has 1 fully saturated rings. The predicted octanol–water partition coefficient (Wildman–Crippen LogP) is 0.389. The van der Waals surface area contributed by atoms with Crippen LogP contribution in [0, 0.1) is 0 Å². The first kappa shape index (κ1) is 19.7. The molecule has 0 bridgehead atoms. The van der Waals surface area contributed by atoms with Crippen LogP contribution in [0.5, 0.6) is 0 Å². The Morgan fingerprint density at radius 2 is 2.12 bits per heavy atom. The van der Waals surface area contributed by atoms with Crippen LogP contribution in [0.1, 0.15) is 18.9 Å². The lowest BCUT2D eigenvalue weighted by Gasteiger charge is -2.27. The number of hydrogen-bond acceptors (Lipinski definition) is 5. The highest BCUT2D eigenvalue weighted by Crippen LogP contribution is 2.31. The normalized spacial score (nSPS) is 15.7. The molecule has 1 aliphatic heterocycles. The van der Waals surface area contributed by atoms with Crippen molar-refractivity contribution >= 4 is 29.1 Å². The van der Waals surface area contributed by atoms with Crippen LogP contribution in [0.15, 0.2) is 18.2 Å². The third-order valence-corrected chi connectivity index (χ3v) is 3.76. The molecule has 1 aromatic carbocycles. The summed E-state index contributed by atoms with van der Waals surface area (Å²) in [6.45, 7) is 1.48. The minimum absolute atomic E-state index is 0.113. The molecule has 142 valence electrons. The fourth-order valence-electron chi connectivity index (χ4n) is 2.50. The molecule has 0 aromatic heterocycles. The van der Waals surface area contributed by atoms with Crippen molar-refractivity contribution in [3.05, 3.63) is 23.8 Å². The van der Waals surface area contributed by atoms with Crippen LogP contribution in [0.25, 0.3) is 0 Å². The van der Waals surface area contributed by atoms with Gasteiger partial charge in [0.2, 0.25) is 11.8 Å². The number of alkyl halides is 2. The summed E-state index contributed by atoms with van der Waals surface area (Å²) in [6, 6.07) is 2.86. The molecular weight excluding hydrogens is 350 g/mol. The third kappa shape index (κ3) is 4.73. The third-order valence-electron chi connectivity index (χ3n) is 3.76. The molecule has 0 spiro atoms.